The number of benzene rings is 2. The van der Waals surface area contributed by atoms with Crippen LogP contribution in [0.5, 0.6) is 0 Å². The Morgan fingerprint density at radius 3 is 2.42 bits per heavy atom. The number of fused-ring (bicyclic) bond motifs is 1. The summed E-state index contributed by atoms with van der Waals surface area (Å²) < 4.78 is 56.1. The molecule has 1 aliphatic rings. The fourth-order valence-electron chi connectivity index (χ4n) is 3.75. The lowest BCUT2D eigenvalue weighted by atomic mass is 9.82. The van der Waals surface area contributed by atoms with Crippen LogP contribution in [0.4, 0.5) is 23.2 Å². The molecule has 2 N–H and O–H groups in total. The van der Waals surface area contributed by atoms with Gasteiger partial charge in [-0.3, -0.25) is 4.90 Å². The van der Waals surface area contributed by atoms with Gasteiger partial charge in [-0.25, -0.2) is 17.6 Å². The first kappa shape index (κ1) is 19.2. The SMILES string of the molecule is Cc1c(N)ccc2c1C[C@@H](C)N(CC(F)F)C2c1c(F)cc(Br)cc1F. The molecular weight excluding hydrogens is 412 g/mol. The molecule has 1 unspecified atom stereocenters. The molecule has 1 aliphatic heterocycles. The Labute approximate surface area is 158 Å². The third kappa shape index (κ3) is 3.34. The summed E-state index contributed by atoms with van der Waals surface area (Å²) in [6, 6.07) is 4.41. The van der Waals surface area contributed by atoms with Crippen molar-refractivity contribution >= 4 is 21.6 Å². The van der Waals surface area contributed by atoms with Crippen molar-refractivity contribution in [1.82, 2.24) is 4.90 Å². The van der Waals surface area contributed by atoms with Crippen LogP contribution in [-0.4, -0.2) is 23.9 Å². The minimum Gasteiger partial charge on any atom is -0.399 e. The summed E-state index contributed by atoms with van der Waals surface area (Å²) in [6.45, 7) is 3.06. The fourth-order valence-corrected chi connectivity index (χ4v) is 4.15. The van der Waals surface area contributed by atoms with Gasteiger partial charge in [-0.15, -0.1) is 0 Å². The number of alkyl halides is 2. The van der Waals surface area contributed by atoms with Crippen LogP contribution in [0.15, 0.2) is 28.7 Å². The van der Waals surface area contributed by atoms with E-state index >= 15 is 0 Å². The van der Waals surface area contributed by atoms with Crippen LogP contribution in [0, 0.1) is 18.6 Å². The summed E-state index contributed by atoms with van der Waals surface area (Å²) in [7, 11) is 0. The number of nitrogen functional groups attached to an aromatic ring is 1. The van der Waals surface area contributed by atoms with E-state index in [9.17, 15) is 17.6 Å². The quantitative estimate of drug-likeness (QED) is 0.534. The molecule has 7 heteroatoms. The van der Waals surface area contributed by atoms with Gasteiger partial charge in [0.25, 0.3) is 6.43 Å². The van der Waals surface area contributed by atoms with Crippen molar-refractivity contribution in [2.45, 2.75) is 38.8 Å². The lowest BCUT2D eigenvalue weighted by Gasteiger charge is -2.43. The van der Waals surface area contributed by atoms with Gasteiger partial charge in [0.15, 0.2) is 0 Å². The van der Waals surface area contributed by atoms with E-state index in [0.29, 0.717) is 17.7 Å². The van der Waals surface area contributed by atoms with Gasteiger partial charge in [-0.1, -0.05) is 22.0 Å². The Hall–Kier alpha value is -1.60. The number of nitrogens with zero attached hydrogens (tertiary/aromatic N) is 1. The lowest BCUT2D eigenvalue weighted by molar-refractivity contribution is 0.0444. The maximum Gasteiger partial charge on any atom is 0.251 e. The summed E-state index contributed by atoms with van der Waals surface area (Å²) in [4.78, 5) is 1.47. The number of nitrogens with two attached hydrogens (primary N) is 1. The summed E-state index contributed by atoms with van der Waals surface area (Å²) >= 11 is 3.06. The molecule has 1 heterocycles. The van der Waals surface area contributed by atoms with Crippen LogP contribution in [0.2, 0.25) is 0 Å². The normalized spacial score (nSPS) is 20.5. The number of anilines is 1. The molecule has 0 aromatic heterocycles. The molecule has 26 heavy (non-hydrogen) atoms. The van der Waals surface area contributed by atoms with Crippen LogP contribution in [-0.2, 0) is 6.42 Å². The molecule has 2 atom stereocenters. The topological polar surface area (TPSA) is 29.3 Å². The number of hydrogen-bond donors (Lipinski definition) is 1. The zero-order chi connectivity index (χ0) is 19.2. The molecule has 2 aromatic carbocycles. The van der Waals surface area contributed by atoms with E-state index in [1.165, 1.54) is 4.90 Å². The number of hydrogen-bond acceptors (Lipinski definition) is 2. The average molecular weight is 431 g/mol. The minimum absolute atomic E-state index is 0.217. The van der Waals surface area contributed by atoms with Crippen molar-refractivity contribution in [3.8, 4) is 0 Å². The van der Waals surface area contributed by atoms with Gasteiger partial charge in [-0.05, 0) is 55.2 Å². The zero-order valence-electron chi connectivity index (χ0n) is 14.4. The Bertz CT molecular complexity index is 818. The maximum absolute atomic E-state index is 14.7. The first-order valence-corrected chi connectivity index (χ1v) is 9.06. The zero-order valence-corrected chi connectivity index (χ0v) is 16.0. The monoisotopic (exact) mass is 430 g/mol. The molecule has 0 saturated heterocycles. The first-order valence-electron chi connectivity index (χ1n) is 8.26. The van der Waals surface area contributed by atoms with Gasteiger partial charge in [0.05, 0.1) is 12.6 Å². The fraction of sp³-hybridized carbons (Fsp3) is 0.368. The number of rotatable bonds is 3. The van der Waals surface area contributed by atoms with Gasteiger partial charge in [0.1, 0.15) is 11.6 Å². The minimum atomic E-state index is -2.61. The highest BCUT2D eigenvalue weighted by Crippen LogP contribution is 2.42. The number of halogens is 5. The van der Waals surface area contributed by atoms with Crippen LogP contribution in [0.25, 0.3) is 0 Å². The summed E-state index contributed by atoms with van der Waals surface area (Å²) in [6.07, 6.45) is -2.12. The van der Waals surface area contributed by atoms with E-state index in [1.807, 2.05) is 6.92 Å². The largest absolute Gasteiger partial charge is 0.399 e. The molecule has 0 amide bonds. The highest BCUT2D eigenvalue weighted by Gasteiger charge is 2.38. The second kappa shape index (κ2) is 7.19. The molecular formula is C19H19BrF4N2. The summed E-state index contributed by atoms with van der Waals surface area (Å²) in [5.41, 5.74) is 8.66. The molecule has 0 saturated carbocycles. The third-order valence-corrected chi connectivity index (χ3v) is 5.49. The molecule has 0 aliphatic carbocycles. The summed E-state index contributed by atoms with van der Waals surface area (Å²) in [5.74, 6) is -1.54. The Morgan fingerprint density at radius 1 is 1.23 bits per heavy atom. The highest BCUT2D eigenvalue weighted by molar-refractivity contribution is 9.10. The van der Waals surface area contributed by atoms with Crippen molar-refractivity contribution in [1.29, 1.82) is 0 Å². The molecule has 2 aromatic rings. The first-order chi connectivity index (χ1) is 12.2. The van der Waals surface area contributed by atoms with E-state index in [-0.39, 0.29) is 16.1 Å². The van der Waals surface area contributed by atoms with Crippen molar-refractivity contribution in [2.75, 3.05) is 12.3 Å². The van der Waals surface area contributed by atoms with Crippen LogP contribution in [0.3, 0.4) is 0 Å². The van der Waals surface area contributed by atoms with Crippen LogP contribution < -0.4 is 5.73 Å². The van der Waals surface area contributed by atoms with Crippen molar-refractivity contribution in [3.05, 3.63) is 62.6 Å². The van der Waals surface area contributed by atoms with Crippen molar-refractivity contribution in [2.24, 2.45) is 0 Å². The molecule has 2 nitrogen and oxygen atoms in total. The molecule has 0 radical (unpaired) electrons. The molecule has 3 rings (SSSR count). The van der Waals surface area contributed by atoms with Crippen LogP contribution >= 0.6 is 15.9 Å². The molecule has 0 spiro atoms. The maximum atomic E-state index is 14.7. The second-order valence-electron chi connectivity index (χ2n) is 6.67. The van der Waals surface area contributed by atoms with Gasteiger partial charge in [-0.2, -0.15) is 0 Å². The Balaban J connectivity index is 2.26. The van der Waals surface area contributed by atoms with E-state index in [1.54, 1.807) is 19.1 Å². The second-order valence-corrected chi connectivity index (χ2v) is 7.59. The Morgan fingerprint density at radius 2 is 1.85 bits per heavy atom. The van der Waals surface area contributed by atoms with Gasteiger partial charge in [0, 0.05) is 21.8 Å². The van der Waals surface area contributed by atoms with Crippen molar-refractivity contribution in [3.63, 3.8) is 0 Å². The van der Waals surface area contributed by atoms with E-state index in [2.05, 4.69) is 15.9 Å². The standard InChI is InChI=1S/C19H19BrF4N2/c1-9-5-13-10(2)16(25)4-3-12(13)19(26(9)8-17(23)24)18-14(21)6-11(20)7-15(18)22/h3-4,6-7,9,17,19H,5,8,25H2,1-2H3/t9-,19?/m1/s1. The molecule has 0 bridgehead atoms. The highest BCUT2D eigenvalue weighted by atomic mass is 79.9. The summed E-state index contributed by atoms with van der Waals surface area (Å²) in [5, 5.41) is 0. The lowest BCUT2D eigenvalue weighted by Crippen LogP contribution is -2.45. The van der Waals surface area contributed by atoms with Gasteiger partial charge in [0.2, 0.25) is 0 Å². The third-order valence-electron chi connectivity index (χ3n) is 5.03. The van der Waals surface area contributed by atoms with E-state index in [0.717, 1.165) is 23.3 Å². The smallest absolute Gasteiger partial charge is 0.251 e. The van der Waals surface area contributed by atoms with Crippen LogP contribution in [0.1, 0.15) is 35.2 Å². The predicted octanol–water partition coefficient (Wildman–Crippen LogP) is 5.22. The van der Waals surface area contributed by atoms with Gasteiger partial charge < -0.3 is 5.73 Å². The van der Waals surface area contributed by atoms with Crippen molar-refractivity contribution < 1.29 is 17.6 Å². The average Bonchev–Trinajstić information content (AvgIpc) is 2.53. The predicted molar refractivity (Wildman–Crippen MR) is 97.4 cm³/mol. The molecule has 0 fully saturated rings. The molecule has 140 valence electrons. The van der Waals surface area contributed by atoms with Gasteiger partial charge >= 0.3 is 0 Å². The van der Waals surface area contributed by atoms with E-state index in [4.69, 9.17) is 5.73 Å². The Kier molecular flexibility index (Phi) is 5.30. The van der Waals surface area contributed by atoms with E-state index < -0.39 is 30.6 Å².